The molecule has 0 spiro atoms. The van der Waals surface area contributed by atoms with Crippen molar-refractivity contribution < 1.29 is 9.59 Å². The summed E-state index contributed by atoms with van der Waals surface area (Å²) < 4.78 is 0. The molecule has 0 saturated heterocycles. The van der Waals surface area contributed by atoms with E-state index in [-0.39, 0.29) is 0 Å². The van der Waals surface area contributed by atoms with Crippen molar-refractivity contribution in [2.75, 3.05) is 5.75 Å². The summed E-state index contributed by atoms with van der Waals surface area (Å²) in [4.78, 5) is 26.0. The standard InChI is InChI=1S/C5H6N2O2S2/c8-3-6-5(7-4-9)1-2-11-10/h5,10H,1-2H2. The summed E-state index contributed by atoms with van der Waals surface area (Å²) >= 11 is 3.87. The zero-order valence-corrected chi connectivity index (χ0v) is 7.27. The Labute approximate surface area is 73.0 Å². The lowest BCUT2D eigenvalue weighted by molar-refractivity contribution is 0.547. The number of isocyanates is 2. The molecule has 6 heteroatoms. The third-order valence-electron chi connectivity index (χ3n) is 0.871. The molecule has 0 radical (unpaired) electrons. The monoisotopic (exact) mass is 190 g/mol. The van der Waals surface area contributed by atoms with E-state index in [1.807, 2.05) is 0 Å². The largest absolute Gasteiger partial charge is 0.237 e. The van der Waals surface area contributed by atoms with Gasteiger partial charge >= 0.3 is 0 Å². The normalized spacial score (nSPS) is 11.0. The third-order valence-corrected chi connectivity index (χ3v) is 1.84. The minimum absolute atomic E-state index is 0.499. The molecule has 0 unspecified atom stereocenters. The van der Waals surface area contributed by atoms with Crippen LogP contribution in [0.4, 0.5) is 0 Å². The Morgan fingerprint density at radius 1 is 1.36 bits per heavy atom. The summed E-state index contributed by atoms with van der Waals surface area (Å²) in [7, 11) is 1.30. The highest BCUT2D eigenvalue weighted by atomic mass is 33.1. The minimum atomic E-state index is -0.635. The van der Waals surface area contributed by atoms with Crippen LogP contribution in [0, 0.1) is 0 Å². The van der Waals surface area contributed by atoms with Gasteiger partial charge in [-0.15, -0.1) is 11.7 Å². The van der Waals surface area contributed by atoms with Crippen LogP contribution in [0.3, 0.4) is 0 Å². The van der Waals surface area contributed by atoms with Crippen LogP contribution >= 0.6 is 22.5 Å². The van der Waals surface area contributed by atoms with Crippen molar-refractivity contribution in [1.29, 1.82) is 0 Å². The first-order chi connectivity index (χ1) is 5.35. The number of hydrogen-bond donors (Lipinski definition) is 1. The molecule has 0 saturated carbocycles. The number of hydrogen-bond acceptors (Lipinski definition) is 6. The van der Waals surface area contributed by atoms with E-state index in [0.29, 0.717) is 12.2 Å². The van der Waals surface area contributed by atoms with E-state index >= 15 is 0 Å². The van der Waals surface area contributed by atoms with Gasteiger partial charge in [-0.3, -0.25) is 0 Å². The average Bonchev–Trinajstić information content (AvgIpc) is 2.01. The fraction of sp³-hybridized carbons (Fsp3) is 0.600. The smallest absolute Gasteiger partial charge is 0.211 e. The van der Waals surface area contributed by atoms with E-state index in [9.17, 15) is 9.59 Å². The predicted octanol–water partition coefficient (Wildman–Crippen LogP) is 0.952. The third kappa shape index (κ3) is 5.88. The quantitative estimate of drug-likeness (QED) is 0.304. The summed E-state index contributed by atoms with van der Waals surface area (Å²) in [5.74, 6) is 0.671. The summed E-state index contributed by atoms with van der Waals surface area (Å²) in [6.45, 7) is 0. The van der Waals surface area contributed by atoms with Crippen molar-refractivity contribution in [2.45, 2.75) is 12.6 Å². The van der Waals surface area contributed by atoms with Crippen molar-refractivity contribution in [3.8, 4) is 0 Å². The van der Waals surface area contributed by atoms with Gasteiger partial charge in [0.1, 0.15) is 0 Å². The molecule has 0 rings (SSSR count). The Hall–Kier alpha value is -0.540. The van der Waals surface area contributed by atoms with Gasteiger partial charge in [-0.1, -0.05) is 10.8 Å². The van der Waals surface area contributed by atoms with Gasteiger partial charge in [-0.05, 0) is 0 Å². The molecular weight excluding hydrogens is 184 g/mol. The molecule has 0 aliphatic heterocycles. The predicted molar refractivity (Wildman–Crippen MR) is 46.1 cm³/mol. The topological polar surface area (TPSA) is 58.9 Å². The SMILES string of the molecule is O=C=NC(CCSS)N=C=O. The van der Waals surface area contributed by atoms with Crippen molar-refractivity contribution in [2.24, 2.45) is 9.98 Å². The van der Waals surface area contributed by atoms with E-state index < -0.39 is 6.17 Å². The minimum Gasteiger partial charge on any atom is -0.211 e. The van der Waals surface area contributed by atoms with Crippen LogP contribution in [0.15, 0.2) is 9.98 Å². The lowest BCUT2D eigenvalue weighted by Gasteiger charge is -1.98. The van der Waals surface area contributed by atoms with Crippen molar-refractivity contribution in [3.63, 3.8) is 0 Å². The van der Waals surface area contributed by atoms with E-state index in [4.69, 9.17) is 0 Å². The second kappa shape index (κ2) is 7.57. The van der Waals surface area contributed by atoms with Crippen molar-refractivity contribution in [3.05, 3.63) is 0 Å². The van der Waals surface area contributed by atoms with Gasteiger partial charge in [0.15, 0.2) is 6.17 Å². The van der Waals surface area contributed by atoms with Crippen LogP contribution in [0.25, 0.3) is 0 Å². The molecule has 0 fully saturated rings. The number of thiol groups is 1. The second-order valence-corrected chi connectivity index (χ2v) is 2.98. The molecular formula is C5H6N2O2S2. The van der Waals surface area contributed by atoms with Gasteiger partial charge in [0.2, 0.25) is 12.2 Å². The van der Waals surface area contributed by atoms with Gasteiger partial charge in [0.05, 0.1) is 0 Å². The fourth-order valence-corrected chi connectivity index (χ4v) is 1.07. The number of nitrogens with zero attached hydrogens (tertiary/aromatic N) is 2. The molecule has 0 aromatic heterocycles. The molecule has 0 aliphatic carbocycles. The lowest BCUT2D eigenvalue weighted by atomic mass is 10.4. The van der Waals surface area contributed by atoms with Crippen LogP contribution in [0.5, 0.6) is 0 Å². The van der Waals surface area contributed by atoms with Crippen molar-refractivity contribution >= 4 is 34.6 Å². The van der Waals surface area contributed by atoms with E-state index in [1.165, 1.54) is 23.0 Å². The first-order valence-corrected chi connectivity index (χ1v) is 4.79. The Kier molecular flexibility index (Phi) is 7.19. The molecule has 0 bridgehead atoms. The van der Waals surface area contributed by atoms with Gasteiger partial charge in [-0.2, -0.15) is 9.98 Å². The molecule has 60 valence electrons. The zero-order chi connectivity index (χ0) is 8.53. The van der Waals surface area contributed by atoms with E-state index in [0.717, 1.165) is 0 Å². The summed E-state index contributed by atoms with van der Waals surface area (Å²) in [6.07, 6.45) is 2.52. The molecule has 0 aliphatic rings. The maximum absolute atomic E-state index is 9.75. The van der Waals surface area contributed by atoms with Crippen LogP contribution in [0.1, 0.15) is 6.42 Å². The maximum atomic E-state index is 9.75. The number of rotatable bonds is 5. The fourth-order valence-electron chi connectivity index (χ4n) is 0.438. The lowest BCUT2D eigenvalue weighted by Crippen LogP contribution is -2.00. The van der Waals surface area contributed by atoms with Gasteiger partial charge < -0.3 is 0 Å². The van der Waals surface area contributed by atoms with Gasteiger partial charge in [0.25, 0.3) is 0 Å². The van der Waals surface area contributed by atoms with Crippen LogP contribution in [0.2, 0.25) is 0 Å². The summed E-state index contributed by atoms with van der Waals surface area (Å²) in [5, 5.41) is 0. The maximum Gasteiger partial charge on any atom is 0.237 e. The highest BCUT2D eigenvalue weighted by Gasteiger charge is 2.02. The molecule has 0 aromatic rings. The van der Waals surface area contributed by atoms with Crippen LogP contribution in [-0.4, -0.2) is 24.1 Å². The Bertz CT molecular complexity index is 179. The molecule has 4 nitrogen and oxygen atoms in total. The molecule has 0 amide bonds. The first-order valence-electron chi connectivity index (χ1n) is 2.75. The van der Waals surface area contributed by atoms with Crippen LogP contribution < -0.4 is 0 Å². The number of aliphatic imine (C=N–C) groups is 2. The first kappa shape index (κ1) is 10.5. The average molecular weight is 190 g/mol. The second-order valence-electron chi connectivity index (χ2n) is 1.54. The number of carbonyl (C=O) groups excluding carboxylic acids is 2. The highest BCUT2D eigenvalue weighted by molar-refractivity contribution is 8.68. The summed E-state index contributed by atoms with van der Waals surface area (Å²) in [5.41, 5.74) is 0. The van der Waals surface area contributed by atoms with E-state index in [2.05, 4.69) is 21.6 Å². The zero-order valence-electron chi connectivity index (χ0n) is 5.56. The summed E-state index contributed by atoms with van der Waals surface area (Å²) in [6, 6.07) is 0. The molecule has 0 heterocycles. The van der Waals surface area contributed by atoms with Gasteiger partial charge in [0, 0.05) is 12.2 Å². The van der Waals surface area contributed by atoms with Crippen molar-refractivity contribution in [1.82, 2.24) is 0 Å². The van der Waals surface area contributed by atoms with E-state index in [1.54, 1.807) is 0 Å². The highest BCUT2D eigenvalue weighted by Crippen LogP contribution is 2.10. The Morgan fingerprint density at radius 3 is 2.27 bits per heavy atom. The van der Waals surface area contributed by atoms with Gasteiger partial charge in [-0.25, -0.2) is 9.59 Å². The Balaban J connectivity index is 3.88. The molecule has 0 N–H and O–H groups in total. The van der Waals surface area contributed by atoms with Crippen LogP contribution in [-0.2, 0) is 9.59 Å². The molecule has 0 atom stereocenters. The molecule has 0 aromatic carbocycles. The Morgan fingerprint density at radius 2 is 1.91 bits per heavy atom. The molecule has 11 heavy (non-hydrogen) atoms.